The highest BCUT2D eigenvalue weighted by atomic mass is 35.5. The Labute approximate surface area is 124 Å². The normalized spacial score (nSPS) is 10.1. The Morgan fingerprint density at radius 1 is 1.55 bits per heavy atom. The molecule has 2 heterocycles. The molecule has 0 aliphatic carbocycles. The lowest BCUT2D eigenvalue weighted by Gasteiger charge is -2.06. The van der Waals surface area contributed by atoms with E-state index < -0.39 is 0 Å². The zero-order valence-electron chi connectivity index (χ0n) is 10.5. The zero-order chi connectivity index (χ0) is 14.7. The van der Waals surface area contributed by atoms with Crippen molar-refractivity contribution in [3.63, 3.8) is 0 Å². The molecule has 0 saturated heterocycles. The summed E-state index contributed by atoms with van der Waals surface area (Å²) in [4.78, 5) is 23.8. The molecule has 0 aliphatic rings. The first-order valence-corrected chi connectivity index (χ1v) is 6.96. The third kappa shape index (κ3) is 2.90. The first-order valence-electron chi connectivity index (χ1n) is 5.76. The largest absolute Gasteiger partial charge is 0.320 e. The number of thiophene rings is 1. The quantitative estimate of drug-likeness (QED) is 0.947. The van der Waals surface area contributed by atoms with Crippen molar-refractivity contribution in [2.75, 3.05) is 5.32 Å². The van der Waals surface area contributed by atoms with Crippen LogP contribution in [0.2, 0.25) is 4.34 Å². The summed E-state index contributed by atoms with van der Waals surface area (Å²) in [6, 6.07) is 6.28. The van der Waals surface area contributed by atoms with E-state index in [-0.39, 0.29) is 21.4 Å². The minimum atomic E-state index is -0.361. The molecule has 2 aromatic heterocycles. The number of carbonyl (C=O) groups is 1. The zero-order valence-corrected chi connectivity index (χ0v) is 12.1. The van der Waals surface area contributed by atoms with Gasteiger partial charge >= 0.3 is 0 Å². The van der Waals surface area contributed by atoms with Crippen molar-refractivity contribution in [2.24, 2.45) is 0 Å². The molecule has 1 N–H and O–H groups in total. The Kier molecular flexibility index (Phi) is 4.23. The summed E-state index contributed by atoms with van der Waals surface area (Å²) < 4.78 is 1.77. The molecule has 0 saturated carbocycles. The number of nitriles is 1. The molecular weight excluding hydrogens is 298 g/mol. The van der Waals surface area contributed by atoms with E-state index in [0.29, 0.717) is 17.1 Å². The van der Waals surface area contributed by atoms with E-state index in [0.717, 1.165) is 11.3 Å². The van der Waals surface area contributed by atoms with E-state index in [2.05, 4.69) is 5.32 Å². The number of hydrogen-bond acceptors (Lipinski definition) is 4. The van der Waals surface area contributed by atoms with Crippen molar-refractivity contribution in [1.29, 1.82) is 5.26 Å². The van der Waals surface area contributed by atoms with Gasteiger partial charge in [0.05, 0.1) is 16.1 Å². The van der Waals surface area contributed by atoms with Crippen LogP contribution in [0.5, 0.6) is 0 Å². The lowest BCUT2D eigenvalue weighted by Crippen LogP contribution is -2.19. The van der Waals surface area contributed by atoms with Crippen LogP contribution < -0.4 is 10.9 Å². The molecule has 0 atom stereocenters. The monoisotopic (exact) mass is 307 g/mol. The first-order chi connectivity index (χ1) is 9.55. The van der Waals surface area contributed by atoms with E-state index in [1.807, 2.05) is 13.0 Å². The molecule has 2 aromatic rings. The number of rotatable bonds is 3. The molecule has 1 amide bonds. The minimum Gasteiger partial charge on any atom is -0.320 e. The van der Waals surface area contributed by atoms with Crippen molar-refractivity contribution in [1.82, 2.24) is 4.57 Å². The average molecular weight is 308 g/mol. The fraction of sp³-hybridized carbons (Fsp3) is 0.154. The Balaban J connectivity index is 2.23. The van der Waals surface area contributed by atoms with Crippen LogP contribution in [-0.4, -0.2) is 10.5 Å². The second-order valence-corrected chi connectivity index (χ2v) is 5.56. The van der Waals surface area contributed by atoms with Gasteiger partial charge in [-0.1, -0.05) is 11.6 Å². The number of nitrogens with one attached hydrogen (secondary N) is 1. The second kappa shape index (κ2) is 5.90. The highest BCUT2D eigenvalue weighted by Crippen LogP contribution is 2.27. The Morgan fingerprint density at radius 2 is 2.30 bits per heavy atom. The van der Waals surface area contributed by atoms with E-state index in [4.69, 9.17) is 16.9 Å². The number of anilines is 1. The van der Waals surface area contributed by atoms with Gasteiger partial charge in [-0.2, -0.15) is 5.26 Å². The number of hydrogen-bond donors (Lipinski definition) is 1. The van der Waals surface area contributed by atoms with Gasteiger partial charge in [0.2, 0.25) is 0 Å². The highest BCUT2D eigenvalue weighted by molar-refractivity contribution is 7.18. The van der Waals surface area contributed by atoms with E-state index >= 15 is 0 Å². The number of amides is 1. The van der Waals surface area contributed by atoms with Gasteiger partial charge in [0.1, 0.15) is 10.4 Å². The number of carbonyl (C=O) groups excluding carboxylic acids is 1. The van der Waals surface area contributed by atoms with E-state index in [1.165, 1.54) is 22.8 Å². The van der Waals surface area contributed by atoms with Crippen LogP contribution in [0.1, 0.15) is 22.2 Å². The first kappa shape index (κ1) is 14.3. The highest BCUT2D eigenvalue weighted by Gasteiger charge is 2.13. The van der Waals surface area contributed by atoms with Crippen molar-refractivity contribution in [3.05, 3.63) is 49.5 Å². The topological polar surface area (TPSA) is 74.9 Å². The van der Waals surface area contributed by atoms with E-state index in [9.17, 15) is 9.59 Å². The predicted octanol–water partition coefficient (Wildman–Crippen LogP) is 2.71. The van der Waals surface area contributed by atoms with Gasteiger partial charge in [0.25, 0.3) is 11.5 Å². The molecule has 0 radical (unpaired) electrons. The van der Waals surface area contributed by atoms with Crippen molar-refractivity contribution >= 4 is 34.5 Å². The molecule has 102 valence electrons. The summed E-state index contributed by atoms with van der Waals surface area (Å²) in [5.74, 6) is -0.361. The maximum absolute atomic E-state index is 12.0. The fourth-order valence-electron chi connectivity index (χ4n) is 1.60. The van der Waals surface area contributed by atoms with Crippen molar-refractivity contribution in [2.45, 2.75) is 13.5 Å². The fourth-order valence-corrected chi connectivity index (χ4v) is 2.68. The predicted molar refractivity (Wildman–Crippen MR) is 78.4 cm³/mol. The molecule has 7 heteroatoms. The summed E-state index contributed by atoms with van der Waals surface area (Å²) in [6.07, 6.45) is 1.57. The van der Waals surface area contributed by atoms with E-state index in [1.54, 1.807) is 6.20 Å². The van der Waals surface area contributed by atoms with Gasteiger partial charge in [-0.05, 0) is 19.1 Å². The maximum atomic E-state index is 12.0. The van der Waals surface area contributed by atoms with Crippen LogP contribution >= 0.6 is 22.9 Å². The van der Waals surface area contributed by atoms with Crippen LogP contribution in [0.25, 0.3) is 0 Å². The number of halogens is 1. The molecule has 5 nitrogen and oxygen atoms in total. The van der Waals surface area contributed by atoms with Crippen LogP contribution in [0, 0.1) is 11.3 Å². The molecule has 2 rings (SSSR count). The Bertz CT molecular complexity index is 758. The average Bonchev–Trinajstić information content (AvgIpc) is 2.82. The minimum absolute atomic E-state index is 0.128. The lowest BCUT2D eigenvalue weighted by molar-refractivity contribution is 0.103. The summed E-state index contributed by atoms with van der Waals surface area (Å²) in [5, 5.41) is 11.5. The standard InChI is InChI=1S/C13H10ClN3O2S/c1-2-17-7-9(3-4-11(17)18)16-13(19)10-5-8(6-15)12(14)20-10/h3-5,7H,2H2,1H3,(H,16,19). The third-order valence-electron chi connectivity index (χ3n) is 2.61. The lowest BCUT2D eigenvalue weighted by atomic mass is 10.3. The van der Waals surface area contributed by atoms with Crippen LogP contribution in [0.4, 0.5) is 5.69 Å². The van der Waals surface area contributed by atoms with Gasteiger partial charge in [0, 0.05) is 18.8 Å². The molecule has 0 aromatic carbocycles. The molecule has 0 fully saturated rings. The summed E-state index contributed by atoms with van der Waals surface area (Å²) in [7, 11) is 0. The van der Waals surface area contributed by atoms with Crippen molar-refractivity contribution < 1.29 is 4.79 Å². The van der Waals surface area contributed by atoms with Crippen LogP contribution in [0.3, 0.4) is 0 Å². The Hall–Kier alpha value is -2.10. The van der Waals surface area contributed by atoms with Gasteiger partial charge in [0.15, 0.2) is 0 Å². The van der Waals surface area contributed by atoms with Crippen LogP contribution in [0.15, 0.2) is 29.2 Å². The smallest absolute Gasteiger partial charge is 0.265 e. The van der Waals surface area contributed by atoms with Gasteiger partial charge in [-0.25, -0.2) is 0 Å². The number of pyridine rings is 1. The molecule has 0 bridgehead atoms. The third-order valence-corrected chi connectivity index (χ3v) is 3.97. The van der Waals surface area contributed by atoms with Gasteiger partial charge in [-0.3, -0.25) is 9.59 Å². The van der Waals surface area contributed by atoms with Crippen molar-refractivity contribution in [3.8, 4) is 6.07 Å². The van der Waals surface area contributed by atoms with Gasteiger partial charge in [-0.15, -0.1) is 11.3 Å². The molecule has 0 spiro atoms. The van der Waals surface area contributed by atoms with Crippen LogP contribution in [-0.2, 0) is 6.54 Å². The number of aryl methyl sites for hydroxylation is 1. The summed E-state index contributed by atoms with van der Waals surface area (Å²) >= 11 is 6.87. The maximum Gasteiger partial charge on any atom is 0.265 e. The molecule has 0 aliphatic heterocycles. The summed E-state index contributed by atoms with van der Waals surface area (Å²) in [6.45, 7) is 2.36. The Morgan fingerprint density at radius 3 is 2.90 bits per heavy atom. The number of nitrogens with zero attached hydrogens (tertiary/aromatic N) is 2. The SMILES string of the molecule is CCn1cc(NC(=O)c2cc(C#N)c(Cl)s2)ccc1=O. The van der Waals surface area contributed by atoms with Gasteiger partial charge < -0.3 is 9.88 Å². The molecule has 0 unspecified atom stereocenters. The second-order valence-electron chi connectivity index (χ2n) is 3.91. The molecule has 20 heavy (non-hydrogen) atoms. The number of aromatic nitrogens is 1. The molecular formula is C13H10ClN3O2S. The summed E-state index contributed by atoms with van der Waals surface area (Å²) in [5.41, 5.74) is 0.663.